The Labute approximate surface area is 191 Å². The largest absolute Gasteiger partial charge is 0.482 e. The van der Waals surface area contributed by atoms with Crippen molar-refractivity contribution in [3.63, 3.8) is 0 Å². The van der Waals surface area contributed by atoms with Crippen LogP contribution < -0.4 is 0 Å². The van der Waals surface area contributed by atoms with E-state index in [4.69, 9.17) is 9.73 Å². The van der Waals surface area contributed by atoms with E-state index < -0.39 is 0 Å². The number of fused-ring (bicyclic) bond motifs is 1. The van der Waals surface area contributed by atoms with Crippen molar-refractivity contribution >= 4 is 27.5 Å². The van der Waals surface area contributed by atoms with E-state index in [2.05, 4.69) is 22.9 Å². The van der Waals surface area contributed by atoms with Crippen LogP contribution in [0.2, 0.25) is 0 Å². The predicted molar refractivity (Wildman–Crippen MR) is 123 cm³/mol. The van der Waals surface area contributed by atoms with Gasteiger partial charge in [-0.2, -0.15) is 0 Å². The average molecular weight is 490 g/mol. The van der Waals surface area contributed by atoms with Gasteiger partial charge in [0.25, 0.3) is 5.91 Å². The highest BCUT2D eigenvalue weighted by atomic mass is 79.9. The Morgan fingerprint density at radius 1 is 1.19 bits per heavy atom. The van der Waals surface area contributed by atoms with E-state index in [1.165, 1.54) is 6.07 Å². The number of halogens is 2. The minimum Gasteiger partial charge on any atom is -0.482 e. The third-order valence-electron chi connectivity index (χ3n) is 6.39. The molecule has 2 atom stereocenters. The molecule has 3 aliphatic rings. The number of ether oxygens (including phenoxy) is 1. The highest BCUT2D eigenvalue weighted by Crippen LogP contribution is 2.34. The van der Waals surface area contributed by atoms with Crippen LogP contribution in [-0.2, 0) is 9.53 Å². The van der Waals surface area contributed by atoms with Gasteiger partial charge in [-0.1, -0.05) is 34.8 Å². The summed E-state index contributed by atoms with van der Waals surface area (Å²) in [5.41, 5.74) is 1.04. The number of nitrogens with zero attached hydrogens (tertiary/aromatic N) is 3. The highest BCUT2D eigenvalue weighted by Gasteiger charge is 2.31. The number of carbonyl (C=O) groups excluding carboxylic acids is 1. The van der Waals surface area contributed by atoms with Crippen molar-refractivity contribution in [3.8, 4) is 0 Å². The number of hydrogen-bond donors (Lipinski definition) is 0. The molecule has 0 spiro atoms. The van der Waals surface area contributed by atoms with Gasteiger partial charge in [-0.15, -0.1) is 0 Å². The molecule has 0 aromatic heterocycles. The molecule has 4 rings (SSSR count). The Balaban J connectivity index is 1.69. The van der Waals surface area contributed by atoms with E-state index in [9.17, 15) is 9.18 Å². The molecular weight excluding hydrogens is 461 g/mol. The molecule has 3 heterocycles. The summed E-state index contributed by atoms with van der Waals surface area (Å²) in [6.07, 6.45) is 9.72. The maximum Gasteiger partial charge on any atom is 0.272 e. The normalized spacial score (nSPS) is 24.3. The SMILES string of the molecule is COC1=CC(C(=O)N2CCCCC[C@H]2C)=NC2=CC(c3ccc(Br)cc3F)CCCN21. The molecule has 1 fully saturated rings. The summed E-state index contributed by atoms with van der Waals surface area (Å²) in [6, 6.07) is 5.38. The molecule has 0 bridgehead atoms. The van der Waals surface area contributed by atoms with Crippen molar-refractivity contribution in [1.82, 2.24) is 9.80 Å². The van der Waals surface area contributed by atoms with Crippen LogP contribution in [0.5, 0.6) is 0 Å². The Morgan fingerprint density at radius 3 is 2.81 bits per heavy atom. The van der Waals surface area contributed by atoms with E-state index >= 15 is 0 Å². The molecule has 166 valence electrons. The number of hydrogen-bond acceptors (Lipinski definition) is 4. The molecule has 1 aromatic rings. The number of amides is 1. The molecule has 1 aromatic carbocycles. The topological polar surface area (TPSA) is 45.1 Å². The van der Waals surface area contributed by atoms with Gasteiger partial charge in [-0.25, -0.2) is 9.38 Å². The third-order valence-corrected chi connectivity index (χ3v) is 6.88. The summed E-state index contributed by atoms with van der Waals surface area (Å²) in [6.45, 7) is 3.58. The van der Waals surface area contributed by atoms with E-state index in [0.717, 1.165) is 49.5 Å². The molecule has 7 heteroatoms. The van der Waals surface area contributed by atoms with Crippen LogP contribution >= 0.6 is 15.9 Å². The summed E-state index contributed by atoms with van der Waals surface area (Å²) < 4.78 is 21.0. The fraction of sp³-hybridized carbons (Fsp3) is 0.500. The Kier molecular flexibility index (Phi) is 6.80. The fourth-order valence-corrected chi connectivity index (χ4v) is 4.99. The number of aliphatic imine (C=N–C) groups is 1. The van der Waals surface area contributed by atoms with Gasteiger partial charge in [0, 0.05) is 35.6 Å². The molecular formula is C24H29BrFN3O2. The maximum absolute atomic E-state index is 14.7. The number of methoxy groups -OCH3 is 1. The van der Waals surface area contributed by atoms with Gasteiger partial charge in [-0.05, 0) is 56.4 Å². The Bertz CT molecular complexity index is 943. The molecule has 0 aliphatic carbocycles. The van der Waals surface area contributed by atoms with Crippen molar-refractivity contribution in [1.29, 1.82) is 0 Å². The molecule has 3 aliphatic heterocycles. The summed E-state index contributed by atoms with van der Waals surface area (Å²) in [7, 11) is 1.61. The highest BCUT2D eigenvalue weighted by molar-refractivity contribution is 9.10. The average Bonchev–Trinajstić information content (AvgIpc) is 3.10. The molecule has 5 nitrogen and oxygen atoms in total. The van der Waals surface area contributed by atoms with Gasteiger partial charge < -0.3 is 9.64 Å². The summed E-state index contributed by atoms with van der Waals surface area (Å²) >= 11 is 3.33. The number of carbonyl (C=O) groups is 1. The monoisotopic (exact) mass is 489 g/mol. The first-order valence-electron chi connectivity index (χ1n) is 11.1. The fourth-order valence-electron chi connectivity index (χ4n) is 4.66. The third kappa shape index (κ3) is 4.71. The molecule has 1 saturated heterocycles. The van der Waals surface area contributed by atoms with E-state index in [1.807, 2.05) is 28.0 Å². The molecule has 0 radical (unpaired) electrons. The zero-order chi connectivity index (χ0) is 22.0. The second kappa shape index (κ2) is 9.55. The predicted octanol–water partition coefficient (Wildman–Crippen LogP) is 5.34. The van der Waals surface area contributed by atoms with Gasteiger partial charge in [-0.3, -0.25) is 9.69 Å². The second-order valence-electron chi connectivity index (χ2n) is 8.47. The van der Waals surface area contributed by atoms with Crippen molar-refractivity contribution in [2.75, 3.05) is 20.2 Å². The van der Waals surface area contributed by atoms with Crippen molar-refractivity contribution in [2.24, 2.45) is 4.99 Å². The van der Waals surface area contributed by atoms with Crippen LogP contribution in [-0.4, -0.2) is 47.7 Å². The van der Waals surface area contributed by atoms with Crippen LogP contribution in [0.4, 0.5) is 4.39 Å². The van der Waals surface area contributed by atoms with Crippen molar-refractivity contribution < 1.29 is 13.9 Å². The molecule has 1 amide bonds. The van der Waals surface area contributed by atoms with Crippen molar-refractivity contribution in [3.05, 3.63) is 57.9 Å². The first kappa shape index (κ1) is 22.1. The first-order chi connectivity index (χ1) is 15.0. The number of allylic oxidation sites excluding steroid dienone is 1. The van der Waals surface area contributed by atoms with E-state index in [1.54, 1.807) is 13.2 Å². The summed E-state index contributed by atoms with van der Waals surface area (Å²) in [5, 5.41) is 0. The second-order valence-corrected chi connectivity index (χ2v) is 9.39. The standard InChI is InChI=1S/C24H29BrFN3O2/c1-16-7-4-3-5-11-28(16)24(30)21-15-23(31-2)29-12-6-8-17(13-22(29)27-21)19-10-9-18(25)14-20(19)26/h9-10,13-17H,3-8,11-12H2,1-2H3/t16-,17?/m1/s1. The van der Waals surface area contributed by atoms with Crippen molar-refractivity contribution in [2.45, 2.75) is 57.4 Å². The van der Waals surface area contributed by atoms with Gasteiger partial charge in [0.05, 0.1) is 7.11 Å². The molecule has 0 N–H and O–H groups in total. The minimum absolute atomic E-state index is 0.0554. The van der Waals surface area contributed by atoms with E-state index in [0.29, 0.717) is 29.5 Å². The van der Waals surface area contributed by atoms with Crippen LogP contribution in [0.25, 0.3) is 0 Å². The summed E-state index contributed by atoms with van der Waals surface area (Å²) in [5.74, 6) is 0.877. The molecule has 1 unspecified atom stereocenters. The molecule has 31 heavy (non-hydrogen) atoms. The maximum atomic E-state index is 14.7. The minimum atomic E-state index is -0.235. The Morgan fingerprint density at radius 2 is 2.03 bits per heavy atom. The van der Waals surface area contributed by atoms with Gasteiger partial charge in [0.1, 0.15) is 17.3 Å². The number of benzene rings is 1. The smallest absolute Gasteiger partial charge is 0.272 e. The van der Waals surface area contributed by atoms with Gasteiger partial charge in [0.2, 0.25) is 0 Å². The zero-order valence-corrected chi connectivity index (χ0v) is 19.7. The lowest BCUT2D eigenvalue weighted by Crippen LogP contribution is -2.43. The number of rotatable bonds is 3. The molecule has 0 saturated carbocycles. The van der Waals surface area contributed by atoms with Crippen LogP contribution in [0.1, 0.15) is 56.9 Å². The number of likely N-dealkylation sites (tertiary alicyclic amines) is 1. The van der Waals surface area contributed by atoms with Crippen LogP contribution in [0.3, 0.4) is 0 Å². The summed E-state index contributed by atoms with van der Waals surface area (Å²) in [4.78, 5) is 22.0. The first-order valence-corrected chi connectivity index (χ1v) is 11.9. The zero-order valence-electron chi connectivity index (χ0n) is 18.1. The van der Waals surface area contributed by atoms with Crippen LogP contribution in [0, 0.1) is 5.82 Å². The van der Waals surface area contributed by atoms with Gasteiger partial charge in [0.15, 0.2) is 5.88 Å². The Hall–Kier alpha value is -2.15. The lowest BCUT2D eigenvalue weighted by Gasteiger charge is -2.31. The lowest BCUT2D eigenvalue weighted by molar-refractivity contribution is -0.125. The van der Waals surface area contributed by atoms with Crippen LogP contribution in [0.15, 0.2) is 51.5 Å². The van der Waals surface area contributed by atoms with E-state index in [-0.39, 0.29) is 23.7 Å². The van der Waals surface area contributed by atoms with Gasteiger partial charge >= 0.3 is 0 Å². The lowest BCUT2D eigenvalue weighted by atomic mass is 9.94. The quantitative estimate of drug-likeness (QED) is 0.575.